The fourth-order valence-corrected chi connectivity index (χ4v) is 1.42. The van der Waals surface area contributed by atoms with Crippen molar-refractivity contribution in [2.45, 2.75) is 26.7 Å². The fraction of sp³-hybridized carbons (Fsp3) is 0.900. The molecule has 0 aliphatic carbocycles. The number of piperidine rings is 1. The molecule has 1 N–H and O–H groups in total. The van der Waals surface area contributed by atoms with Gasteiger partial charge in [0.1, 0.15) is 0 Å². The van der Waals surface area contributed by atoms with Crippen molar-refractivity contribution in [3.8, 4) is 0 Å². The Morgan fingerprint density at radius 1 is 1.46 bits per heavy atom. The molecule has 3 heteroatoms. The molecule has 0 spiro atoms. The van der Waals surface area contributed by atoms with Gasteiger partial charge in [0.2, 0.25) is 0 Å². The summed E-state index contributed by atoms with van der Waals surface area (Å²) in [7, 11) is 0. The van der Waals surface area contributed by atoms with E-state index < -0.39 is 0 Å². The third-order valence-corrected chi connectivity index (χ3v) is 2.39. The number of hydrogen-bond acceptors (Lipinski definition) is 3. The molecule has 13 heavy (non-hydrogen) atoms. The Bertz CT molecular complexity index is 162. The minimum atomic E-state index is -0.0708. The van der Waals surface area contributed by atoms with Crippen molar-refractivity contribution in [1.29, 1.82) is 0 Å². The molecule has 1 saturated heterocycles. The third kappa shape index (κ3) is 3.77. The van der Waals surface area contributed by atoms with Gasteiger partial charge in [0.25, 0.3) is 0 Å². The first-order valence-electron chi connectivity index (χ1n) is 5.07. The molecule has 0 amide bonds. The highest BCUT2D eigenvalue weighted by molar-refractivity contribution is 5.71. The molecule has 0 aromatic heterocycles. The van der Waals surface area contributed by atoms with E-state index in [0.29, 0.717) is 12.5 Å². The summed E-state index contributed by atoms with van der Waals surface area (Å²) < 4.78 is 5.18. The minimum Gasteiger partial charge on any atom is -0.465 e. The van der Waals surface area contributed by atoms with Gasteiger partial charge in [0.15, 0.2) is 0 Å². The summed E-state index contributed by atoms with van der Waals surface area (Å²) in [5.41, 5.74) is 0. The Morgan fingerprint density at radius 2 is 2.08 bits per heavy atom. The van der Waals surface area contributed by atoms with E-state index in [4.69, 9.17) is 4.74 Å². The Morgan fingerprint density at radius 3 is 2.62 bits per heavy atom. The normalized spacial score (nSPS) is 19.0. The molecule has 0 bridgehead atoms. The van der Waals surface area contributed by atoms with Crippen LogP contribution in [0.4, 0.5) is 0 Å². The van der Waals surface area contributed by atoms with Crippen LogP contribution in [0.25, 0.3) is 0 Å². The minimum absolute atomic E-state index is 0.00159. The molecule has 0 aromatic carbocycles. The van der Waals surface area contributed by atoms with Crippen LogP contribution in [0.3, 0.4) is 0 Å². The second kappa shape index (κ2) is 5.22. The van der Waals surface area contributed by atoms with Gasteiger partial charge in [-0.05, 0) is 31.8 Å². The maximum Gasteiger partial charge on any atom is 0.308 e. The lowest BCUT2D eigenvalue weighted by atomic mass is 9.99. The van der Waals surface area contributed by atoms with Crippen LogP contribution in [0.15, 0.2) is 0 Å². The van der Waals surface area contributed by atoms with Gasteiger partial charge >= 0.3 is 5.97 Å². The Kier molecular flexibility index (Phi) is 4.22. The first kappa shape index (κ1) is 10.5. The summed E-state index contributed by atoms with van der Waals surface area (Å²) in [6.45, 7) is 6.46. The molecule has 76 valence electrons. The van der Waals surface area contributed by atoms with E-state index in [-0.39, 0.29) is 11.9 Å². The van der Waals surface area contributed by atoms with Crippen LogP contribution in [0.1, 0.15) is 26.7 Å². The molecule has 1 heterocycles. The van der Waals surface area contributed by atoms with Crippen molar-refractivity contribution in [2.24, 2.45) is 11.8 Å². The quantitative estimate of drug-likeness (QED) is 0.671. The Labute approximate surface area is 79.8 Å². The molecule has 0 unspecified atom stereocenters. The standard InChI is InChI=1S/C10H19NO2/c1-8(2)10(12)13-7-9-3-5-11-6-4-9/h8-9,11H,3-7H2,1-2H3. The molecule has 0 saturated carbocycles. The van der Waals surface area contributed by atoms with Crippen LogP contribution < -0.4 is 5.32 Å². The average molecular weight is 185 g/mol. The Balaban J connectivity index is 2.13. The predicted molar refractivity (Wildman–Crippen MR) is 51.4 cm³/mol. The topological polar surface area (TPSA) is 38.3 Å². The van der Waals surface area contributed by atoms with E-state index in [9.17, 15) is 4.79 Å². The van der Waals surface area contributed by atoms with Gasteiger partial charge < -0.3 is 10.1 Å². The van der Waals surface area contributed by atoms with Crippen molar-refractivity contribution in [3.05, 3.63) is 0 Å². The van der Waals surface area contributed by atoms with E-state index in [2.05, 4.69) is 5.32 Å². The van der Waals surface area contributed by atoms with Crippen molar-refractivity contribution in [3.63, 3.8) is 0 Å². The number of nitrogens with one attached hydrogen (secondary N) is 1. The number of rotatable bonds is 3. The van der Waals surface area contributed by atoms with Gasteiger partial charge in [-0.15, -0.1) is 0 Å². The number of carbonyl (C=O) groups excluding carboxylic acids is 1. The lowest BCUT2D eigenvalue weighted by Crippen LogP contribution is -2.30. The molecule has 0 aromatic rings. The number of ether oxygens (including phenoxy) is 1. The van der Waals surface area contributed by atoms with Crippen LogP contribution in [0.2, 0.25) is 0 Å². The zero-order valence-electron chi connectivity index (χ0n) is 8.51. The van der Waals surface area contributed by atoms with E-state index in [0.717, 1.165) is 25.9 Å². The van der Waals surface area contributed by atoms with Crippen LogP contribution in [-0.2, 0) is 9.53 Å². The summed E-state index contributed by atoms with van der Waals surface area (Å²) >= 11 is 0. The zero-order chi connectivity index (χ0) is 9.68. The third-order valence-electron chi connectivity index (χ3n) is 2.39. The van der Waals surface area contributed by atoms with Gasteiger partial charge in [-0.1, -0.05) is 13.8 Å². The Hall–Kier alpha value is -0.570. The highest BCUT2D eigenvalue weighted by Crippen LogP contribution is 2.12. The van der Waals surface area contributed by atoms with E-state index in [1.54, 1.807) is 0 Å². The van der Waals surface area contributed by atoms with Crippen LogP contribution in [-0.4, -0.2) is 25.7 Å². The molecule has 1 rings (SSSR count). The fourth-order valence-electron chi connectivity index (χ4n) is 1.42. The summed E-state index contributed by atoms with van der Waals surface area (Å²) in [6.07, 6.45) is 2.26. The largest absolute Gasteiger partial charge is 0.465 e. The summed E-state index contributed by atoms with van der Waals surface area (Å²) in [5, 5.41) is 3.28. The number of esters is 1. The molecule has 1 aliphatic heterocycles. The van der Waals surface area contributed by atoms with Crippen molar-refractivity contribution < 1.29 is 9.53 Å². The maximum absolute atomic E-state index is 11.1. The lowest BCUT2D eigenvalue weighted by molar-refractivity contribution is -0.148. The first-order valence-corrected chi connectivity index (χ1v) is 5.07. The second-order valence-corrected chi connectivity index (χ2v) is 3.98. The zero-order valence-corrected chi connectivity index (χ0v) is 8.51. The highest BCUT2D eigenvalue weighted by Gasteiger charge is 2.16. The van der Waals surface area contributed by atoms with Gasteiger partial charge in [0, 0.05) is 0 Å². The molecular weight excluding hydrogens is 166 g/mol. The van der Waals surface area contributed by atoms with Crippen molar-refractivity contribution >= 4 is 5.97 Å². The van der Waals surface area contributed by atoms with Crippen molar-refractivity contribution in [1.82, 2.24) is 5.32 Å². The second-order valence-electron chi connectivity index (χ2n) is 3.98. The molecule has 1 aliphatic rings. The van der Waals surface area contributed by atoms with Crippen LogP contribution in [0.5, 0.6) is 0 Å². The number of hydrogen-bond donors (Lipinski definition) is 1. The van der Waals surface area contributed by atoms with Gasteiger partial charge in [-0.25, -0.2) is 0 Å². The maximum atomic E-state index is 11.1. The molecule has 0 atom stereocenters. The van der Waals surface area contributed by atoms with Crippen LogP contribution >= 0.6 is 0 Å². The molecule has 0 radical (unpaired) electrons. The monoisotopic (exact) mass is 185 g/mol. The average Bonchev–Trinajstić information content (AvgIpc) is 2.15. The van der Waals surface area contributed by atoms with Gasteiger partial charge in [-0.2, -0.15) is 0 Å². The SMILES string of the molecule is CC(C)C(=O)OCC1CCNCC1. The van der Waals surface area contributed by atoms with E-state index >= 15 is 0 Å². The van der Waals surface area contributed by atoms with Crippen molar-refractivity contribution in [2.75, 3.05) is 19.7 Å². The lowest BCUT2D eigenvalue weighted by Gasteiger charge is -2.22. The van der Waals surface area contributed by atoms with E-state index in [1.807, 2.05) is 13.8 Å². The van der Waals surface area contributed by atoms with E-state index in [1.165, 1.54) is 0 Å². The first-order chi connectivity index (χ1) is 6.20. The highest BCUT2D eigenvalue weighted by atomic mass is 16.5. The summed E-state index contributed by atoms with van der Waals surface area (Å²) in [5.74, 6) is 0.504. The molecular formula is C10H19NO2. The van der Waals surface area contributed by atoms with Gasteiger partial charge in [-0.3, -0.25) is 4.79 Å². The smallest absolute Gasteiger partial charge is 0.308 e. The summed E-state index contributed by atoms with van der Waals surface area (Å²) in [4.78, 5) is 11.1. The number of carbonyl (C=O) groups is 1. The van der Waals surface area contributed by atoms with Gasteiger partial charge in [0.05, 0.1) is 12.5 Å². The summed E-state index contributed by atoms with van der Waals surface area (Å²) in [6, 6.07) is 0. The molecule has 1 fully saturated rings. The van der Waals surface area contributed by atoms with Crippen LogP contribution in [0, 0.1) is 11.8 Å². The predicted octanol–water partition coefficient (Wildman–Crippen LogP) is 1.19. The molecule has 3 nitrogen and oxygen atoms in total.